The number of fused-ring (bicyclic) bond motifs is 1. The van der Waals surface area contributed by atoms with Crippen LogP contribution in [0.3, 0.4) is 0 Å². The van der Waals surface area contributed by atoms with Gasteiger partial charge in [0.25, 0.3) is 12.1 Å². The Balaban J connectivity index is 1.86. The number of hydrogen-bond donors (Lipinski definition) is 1. The van der Waals surface area contributed by atoms with E-state index in [0.717, 1.165) is 11.0 Å². The van der Waals surface area contributed by atoms with Crippen LogP contribution in [0.2, 0.25) is 5.02 Å². The van der Waals surface area contributed by atoms with Crippen molar-refractivity contribution < 1.29 is 39.7 Å². The van der Waals surface area contributed by atoms with Gasteiger partial charge in [-0.3, -0.25) is 4.79 Å². The number of halogens is 6. The van der Waals surface area contributed by atoms with E-state index in [1.165, 1.54) is 12.1 Å². The van der Waals surface area contributed by atoms with Gasteiger partial charge < -0.3 is 15.2 Å². The van der Waals surface area contributed by atoms with Crippen LogP contribution < -0.4 is 10.6 Å². The first-order valence-electron chi connectivity index (χ1n) is 9.70. The Morgan fingerprint density at radius 1 is 1.23 bits per heavy atom. The standard InChI is InChI=1S/C20H14ClF5N4O4S/c21-10-3-1-9(2-4-10)7-30-14-5-11(17-28-18(34-29-17)16(23)20(24,25)26)12(22)6-15(14)35(32,33)8-13(27)19(30)31/h1-6,13,16H,7-8,27H2/t13-,16?/m0/s1. The van der Waals surface area contributed by atoms with Gasteiger partial charge in [0.15, 0.2) is 9.84 Å². The average Bonchev–Trinajstić information content (AvgIpc) is 3.24. The van der Waals surface area contributed by atoms with Crippen LogP contribution in [0, 0.1) is 5.82 Å². The summed E-state index contributed by atoms with van der Waals surface area (Å²) in [6.07, 6.45) is -8.96. The van der Waals surface area contributed by atoms with Crippen LogP contribution >= 0.6 is 11.6 Å². The molecule has 1 amide bonds. The molecule has 186 valence electrons. The van der Waals surface area contributed by atoms with Crippen molar-refractivity contribution in [3.63, 3.8) is 0 Å². The molecular weight excluding hydrogens is 523 g/mol. The molecule has 1 unspecified atom stereocenters. The SMILES string of the molecule is N[C@H]1CS(=O)(=O)c2cc(F)c(-c3noc(C(F)C(F)(F)F)n3)cc2N(Cc2ccc(Cl)cc2)C1=O. The molecule has 8 nitrogen and oxygen atoms in total. The lowest BCUT2D eigenvalue weighted by Gasteiger charge is -2.24. The minimum Gasteiger partial charge on any atom is -0.335 e. The molecule has 0 bridgehead atoms. The van der Waals surface area contributed by atoms with Gasteiger partial charge in [-0.1, -0.05) is 28.9 Å². The number of nitrogens with two attached hydrogens (primary N) is 1. The van der Waals surface area contributed by atoms with E-state index in [1.54, 1.807) is 12.1 Å². The Labute approximate surface area is 199 Å². The molecule has 15 heteroatoms. The second kappa shape index (κ2) is 8.84. The molecule has 2 N–H and O–H groups in total. The van der Waals surface area contributed by atoms with Gasteiger partial charge >= 0.3 is 6.18 Å². The summed E-state index contributed by atoms with van der Waals surface area (Å²) in [4.78, 5) is 16.7. The van der Waals surface area contributed by atoms with Crippen LogP contribution in [-0.4, -0.2) is 42.4 Å². The van der Waals surface area contributed by atoms with Crippen molar-refractivity contribution in [1.29, 1.82) is 0 Å². The summed E-state index contributed by atoms with van der Waals surface area (Å²) in [6, 6.07) is 6.14. The Bertz CT molecular complexity index is 1400. The number of carbonyl (C=O) groups excluding carboxylic acids is 1. The van der Waals surface area contributed by atoms with Crippen molar-refractivity contribution in [1.82, 2.24) is 10.1 Å². The summed E-state index contributed by atoms with van der Waals surface area (Å²) in [6.45, 7) is -0.199. The molecule has 1 aliphatic heterocycles. The fourth-order valence-electron chi connectivity index (χ4n) is 3.41. The van der Waals surface area contributed by atoms with Crippen molar-refractivity contribution in [3.05, 3.63) is 58.7 Å². The molecule has 4 rings (SSSR count). The lowest BCUT2D eigenvalue weighted by atomic mass is 10.1. The molecule has 1 aliphatic rings. The van der Waals surface area contributed by atoms with E-state index >= 15 is 0 Å². The van der Waals surface area contributed by atoms with E-state index < -0.39 is 67.9 Å². The zero-order valence-electron chi connectivity index (χ0n) is 17.3. The Morgan fingerprint density at radius 3 is 2.51 bits per heavy atom. The summed E-state index contributed by atoms with van der Waals surface area (Å²) in [5, 5.41) is 3.59. The van der Waals surface area contributed by atoms with Crippen LogP contribution in [0.25, 0.3) is 11.4 Å². The highest BCUT2D eigenvalue weighted by Crippen LogP contribution is 2.39. The van der Waals surface area contributed by atoms with E-state index in [1.807, 2.05) is 0 Å². The van der Waals surface area contributed by atoms with Crippen LogP contribution in [0.15, 0.2) is 45.8 Å². The van der Waals surface area contributed by atoms with Gasteiger partial charge in [0, 0.05) is 5.02 Å². The topological polar surface area (TPSA) is 119 Å². The Morgan fingerprint density at radius 2 is 1.89 bits per heavy atom. The highest BCUT2D eigenvalue weighted by atomic mass is 35.5. The number of sulfone groups is 1. The molecule has 35 heavy (non-hydrogen) atoms. The molecule has 0 fully saturated rings. The van der Waals surface area contributed by atoms with Crippen molar-refractivity contribution in [2.24, 2.45) is 5.73 Å². The minimum absolute atomic E-state index is 0.199. The number of carbonyl (C=O) groups is 1. The molecule has 2 heterocycles. The number of anilines is 1. The van der Waals surface area contributed by atoms with Crippen molar-refractivity contribution in [2.45, 2.75) is 29.8 Å². The molecule has 0 aliphatic carbocycles. The van der Waals surface area contributed by atoms with E-state index in [4.69, 9.17) is 17.3 Å². The first-order chi connectivity index (χ1) is 16.3. The molecule has 3 aromatic rings. The van der Waals surface area contributed by atoms with Gasteiger partial charge in [0.2, 0.25) is 11.7 Å². The van der Waals surface area contributed by atoms with E-state index in [2.05, 4.69) is 14.7 Å². The lowest BCUT2D eigenvalue weighted by molar-refractivity contribution is -0.189. The summed E-state index contributed by atoms with van der Waals surface area (Å²) in [5.74, 6) is -5.12. The average molecular weight is 537 g/mol. The normalized spacial score (nSPS) is 18.8. The highest BCUT2D eigenvalue weighted by molar-refractivity contribution is 7.91. The monoisotopic (exact) mass is 536 g/mol. The third-order valence-electron chi connectivity index (χ3n) is 5.10. The molecule has 0 saturated carbocycles. The fourth-order valence-corrected chi connectivity index (χ4v) is 5.11. The van der Waals surface area contributed by atoms with Gasteiger partial charge in [0.1, 0.15) is 5.82 Å². The van der Waals surface area contributed by atoms with Crippen molar-refractivity contribution >= 4 is 33.0 Å². The zero-order valence-corrected chi connectivity index (χ0v) is 18.8. The molecule has 0 saturated heterocycles. The molecular formula is C20H14ClF5N4O4S. The smallest absolute Gasteiger partial charge is 0.335 e. The molecule has 0 spiro atoms. The maximum absolute atomic E-state index is 14.9. The number of amides is 1. The van der Waals surface area contributed by atoms with Gasteiger partial charge in [-0.25, -0.2) is 17.2 Å². The van der Waals surface area contributed by atoms with E-state index in [0.29, 0.717) is 16.7 Å². The van der Waals surface area contributed by atoms with Gasteiger partial charge in [-0.15, -0.1) is 0 Å². The first-order valence-corrected chi connectivity index (χ1v) is 11.7. The predicted octanol–water partition coefficient (Wildman–Crippen LogP) is 3.75. The molecule has 0 radical (unpaired) electrons. The largest absolute Gasteiger partial charge is 0.428 e. The number of aromatic nitrogens is 2. The van der Waals surface area contributed by atoms with Gasteiger partial charge in [-0.2, -0.15) is 18.2 Å². The number of nitrogens with zero attached hydrogens (tertiary/aromatic N) is 3. The van der Waals surface area contributed by atoms with E-state index in [9.17, 15) is 35.2 Å². The summed E-state index contributed by atoms with van der Waals surface area (Å²) >= 11 is 5.87. The number of hydrogen-bond acceptors (Lipinski definition) is 7. The molecule has 2 atom stereocenters. The number of alkyl halides is 4. The van der Waals surface area contributed by atoms with Gasteiger partial charge in [-0.05, 0) is 29.8 Å². The second-order valence-corrected chi connectivity index (χ2v) is 10.0. The molecule has 2 aromatic carbocycles. The number of rotatable bonds is 4. The lowest BCUT2D eigenvalue weighted by Crippen LogP contribution is -2.45. The van der Waals surface area contributed by atoms with E-state index in [-0.39, 0.29) is 12.2 Å². The van der Waals surface area contributed by atoms with Crippen molar-refractivity contribution in [3.8, 4) is 11.4 Å². The first kappa shape index (κ1) is 25.0. The maximum Gasteiger partial charge on any atom is 0.428 e. The Kier molecular flexibility index (Phi) is 6.32. The van der Waals surface area contributed by atoms with Gasteiger partial charge in [0.05, 0.1) is 34.5 Å². The second-order valence-electron chi connectivity index (χ2n) is 7.60. The molecule has 1 aromatic heterocycles. The van der Waals surface area contributed by atoms with Crippen LogP contribution in [0.1, 0.15) is 17.6 Å². The maximum atomic E-state index is 14.9. The summed E-state index contributed by atoms with van der Waals surface area (Å²) < 4.78 is 96.3. The quantitative estimate of drug-likeness (QED) is 0.504. The predicted molar refractivity (Wildman–Crippen MR) is 112 cm³/mol. The third kappa shape index (κ3) is 4.86. The van der Waals surface area contributed by atoms with Crippen molar-refractivity contribution in [2.75, 3.05) is 10.7 Å². The Hall–Kier alpha value is -3.10. The minimum atomic E-state index is -5.35. The summed E-state index contributed by atoms with van der Waals surface area (Å²) in [5.41, 5.74) is 5.38. The highest BCUT2D eigenvalue weighted by Gasteiger charge is 2.45. The third-order valence-corrected chi connectivity index (χ3v) is 7.14. The summed E-state index contributed by atoms with van der Waals surface area (Å²) in [7, 11) is -4.26. The van der Waals surface area contributed by atoms with Crippen LogP contribution in [-0.2, 0) is 21.2 Å². The zero-order chi connectivity index (χ0) is 25.7. The van der Waals surface area contributed by atoms with Crippen LogP contribution in [0.5, 0.6) is 0 Å². The number of benzene rings is 2. The van der Waals surface area contributed by atoms with Crippen LogP contribution in [0.4, 0.5) is 27.6 Å². The fraction of sp³-hybridized carbons (Fsp3) is 0.250.